The molecule has 46 valence electrons. The van der Waals surface area contributed by atoms with E-state index in [-0.39, 0.29) is 0 Å². The molecule has 0 saturated heterocycles. The Balaban J connectivity index is 2.53. The molecule has 1 aromatic heterocycles. The third-order valence-corrected chi connectivity index (χ3v) is 1.32. The molecule has 1 N–H and O–H groups in total. The molecule has 0 saturated carbocycles. The summed E-state index contributed by atoms with van der Waals surface area (Å²) in [6.45, 7) is 0.908. The van der Waals surface area contributed by atoms with Crippen molar-refractivity contribution in [3.63, 3.8) is 0 Å². The lowest BCUT2D eigenvalue weighted by molar-refractivity contribution is 0.917. The molecule has 1 aliphatic rings. The van der Waals surface area contributed by atoms with Gasteiger partial charge in [-0.05, 0) is 6.08 Å². The number of rotatable bonds is 0. The summed E-state index contributed by atoms with van der Waals surface area (Å²) in [7, 11) is 0. The summed E-state index contributed by atoms with van der Waals surface area (Å²) in [5.74, 6) is 1.07. The zero-order valence-corrected chi connectivity index (χ0v) is 4.91. The Morgan fingerprint density at radius 3 is 3.56 bits per heavy atom. The Hall–Kier alpha value is -1.25. The lowest BCUT2D eigenvalue weighted by Gasteiger charge is -2.07. The van der Waals surface area contributed by atoms with Crippen molar-refractivity contribution in [3.05, 3.63) is 18.3 Å². The van der Waals surface area contributed by atoms with Gasteiger partial charge in [0.1, 0.15) is 5.82 Å². The number of anilines is 1. The van der Waals surface area contributed by atoms with E-state index in [9.17, 15) is 0 Å². The smallest absolute Gasteiger partial charge is 0.129 e. The van der Waals surface area contributed by atoms with Gasteiger partial charge < -0.3 is 5.32 Å². The highest BCUT2D eigenvalue weighted by Crippen LogP contribution is 2.08. The molecule has 0 radical (unpaired) electrons. The second-order valence-electron chi connectivity index (χ2n) is 1.93. The van der Waals surface area contributed by atoms with E-state index in [1.807, 2.05) is 23.0 Å². The molecular formula is C6H7N3. The lowest BCUT2D eigenvalue weighted by Crippen LogP contribution is -2.08. The van der Waals surface area contributed by atoms with E-state index in [4.69, 9.17) is 0 Å². The van der Waals surface area contributed by atoms with Gasteiger partial charge in [0, 0.05) is 18.8 Å². The summed E-state index contributed by atoms with van der Waals surface area (Å²) < 4.78 is 1.81. The van der Waals surface area contributed by atoms with Crippen LogP contribution in [0.5, 0.6) is 0 Å². The van der Waals surface area contributed by atoms with E-state index in [0.29, 0.717) is 0 Å². The first-order valence-electron chi connectivity index (χ1n) is 2.91. The van der Waals surface area contributed by atoms with Crippen molar-refractivity contribution in [2.75, 3.05) is 11.9 Å². The minimum absolute atomic E-state index is 0.908. The van der Waals surface area contributed by atoms with Gasteiger partial charge in [0.2, 0.25) is 0 Å². The Labute approximate surface area is 53.0 Å². The third-order valence-electron chi connectivity index (χ3n) is 1.32. The van der Waals surface area contributed by atoms with Crippen molar-refractivity contribution in [3.8, 4) is 0 Å². The summed E-state index contributed by atoms with van der Waals surface area (Å²) >= 11 is 0. The fraction of sp³-hybridized carbons (Fsp3) is 0.167. The minimum atomic E-state index is 0.908. The topological polar surface area (TPSA) is 29.9 Å². The molecular weight excluding hydrogens is 114 g/mol. The molecule has 2 heterocycles. The van der Waals surface area contributed by atoms with Crippen LogP contribution in [0.15, 0.2) is 18.3 Å². The number of hydrogen-bond acceptors (Lipinski definition) is 2. The van der Waals surface area contributed by atoms with E-state index < -0.39 is 0 Å². The van der Waals surface area contributed by atoms with Gasteiger partial charge in [-0.15, -0.1) is 0 Å². The Bertz CT molecular complexity index is 236. The highest BCUT2D eigenvalue weighted by atomic mass is 15.3. The molecule has 1 aliphatic heterocycles. The number of fused-ring (bicyclic) bond motifs is 1. The highest BCUT2D eigenvalue weighted by Gasteiger charge is 1.99. The third kappa shape index (κ3) is 0.614. The molecule has 0 atom stereocenters. The zero-order valence-electron chi connectivity index (χ0n) is 4.91. The van der Waals surface area contributed by atoms with Gasteiger partial charge in [-0.25, -0.2) is 4.68 Å². The first-order chi connectivity index (χ1) is 4.47. The van der Waals surface area contributed by atoms with Gasteiger partial charge in [0.25, 0.3) is 0 Å². The SMILES string of the molecule is C1=Cn2nccc2NC1. The molecule has 0 bridgehead atoms. The summed E-state index contributed by atoms with van der Waals surface area (Å²) in [4.78, 5) is 0. The van der Waals surface area contributed by atoms with Crippen molar-refractivity contribution < 1.29 is 0 Å². The van der Waals surface area contributed by atoms with E-state index in [1.165, 1.54) is 0 Å². The summed E-state index contributed by atoms with van der Waals surface area (Å²) in [6.07, 6.45) is 5.75. The molecule has 2 rings (SSSR count). The molecule has 0 aliphatic carbocycles. The molecule has 3 heteroatoms. The van der Waals surface area contributed by atoms with E-state index in [2.05, 4.69) is 10.4 Å². The molecule has 9 heavy (non-hydrogen) atoms. The average molecular weight is 121 g/mol. The standard InChI is InChI=1S/C6H7N3/c1-3-7-6-2-4-8-9(6)5-1/h1-2,4-5,7H,3H2. The summed E-state index contributed by atoms with van der Waals surface area (Å²) in [6, 6.07) is 1.95. The minimum Gasteiger partial charge on any atom is -0.366 e. The van der Waals surface area contributed by atoms with Gasteiger partial charge >= 0.3 is 0 Å². The van der Waals surface area contributed by atoms with Gasteiger partial charge in [-0.3, -0.25) is 0 Å². The van der Waals surface area contributed by atoms with E-state index in [1.54, 1.807) is 6.20 Å². The number of hydrogen-bond donors (Lipinski definition) is 1. The molecule has 0 unspecified atom stereocenters. The van der Waals surface area contributed by atoms with Gasteiger partial charge in [0.15, 0.2) is 0 Å². The largest absolute Gasteiger partial charge is 0.366 e. The maximum atomic E-state index is 4.02. The van der Waals surface area contributed by atoms with Crippen LogP contribution in [0.25, 0.3) is 6.20 Å². The van der Waals surface area contributed by atoms with Crippen LogP contribution in [0.2, 0.25) is 0 Å². The molecule has 3 nitrogen and oxygen atoms in total. The quantitative estimate of drug-likeness (QED) is 0.549. The predicted octanol–water partition coefficient (Wildman–Crippen LogP) is 0.779. The number of nitrogens with zero attached hydrogens (tertiary/aromatic N) is 2. The maximum Gasteiger partial charge on any atom is 0.129 e. The summed E-state index contributed by atoms with van der Waals surface area (Å²) in [5, 5.41) is 7.18. The second-order valence-corrected chi connectivity index (χ2v) is 1.93. The Morgan fingerprint density at radius 1 is 1.67 bits per heavy atom. The second kappa shape index (κ2) is 1.62. The molecule has 0 amide bonds. The van der Waals surface area contributed by atoms with E-state index >= 15 is 0 Å². The zero-order chi connectivity index (χ0) is 6.10. The van der Waals surface area contributed by atoms with Crippen molar-refractivity contribution >= 4 is 12.0 Å². The fourth-order valence-corrected chi connectivity index (χ4v) is 0.889. The Morgan fingerprint density at radius 2 is 2.67 bits per heavy atom. The van der Waals surface area contributed by atoms with Crippen molar-refractivity contribution in [1.29, 1.82) is 0 Å². The molecule has 0 fully saturated rings. The van der Waals surface area contributed by atoms with Crippen LogP contribution in [-0.2, 0) is 0 Å². The number of aromatic nitrogens is 2. The van der Waals surface area contributed by atoms with Crippen LogP contribution in [0.4, 0.5) is 5.82 Å². The van der Waals surface area contributed by atoms with Crippen molar-refractivity contribution in [2.45, 2.75) is 0 Å². The highest BCUT2D eigenvalue weighted by molar-refractivity contribution is 5.46. The maximum absolute atomic E-state index is 4.02. The normalized spacial score (nSPS) is 14.7. The van der Waals surface area contributed by atoms with Crippen LogP contribution in [0.3, 0.4) is 0 Å². The molecule has 1 aromatic rings. The fourth-order valence-electron chi connectivity index (χ4n) is 0.889. The van der Waals surface area contributed by atoms with Crippen LogP contribution < -0.4 is 5.32 Å². The Kier molecular flexibility index (Phi) is 0.828. The van der Waals surface area contributed by atoms with Crippen molar-refractivity contribution in [2.24, 2.45) is 0 Å². The average Bonchev–Trinajstić information content (AvgIpc) is 2.33. The van der Waals surface area contributed by atoms with Gasteiger partial charge in [-0.2, -0.15) is 5.10 Å². The molecule has 0 spiro atoms. The monoisotopic (exact) mass is 121 g/mol. The van der Waals surface area contributed by atoms with Crippen LogP contribution in [0.1, 0.15) is 0 Å². The van der Waals surface area contributed by atoms with E-state index in [0.717, 1.165) is 12.4 Å². The van der Waals surface area contributed by atoms with Crippen molar-refractivity contribution in [1.82, 2.24) is 9.78 Å². The molecule has 0 aromatic carbocycles. The first-order valence-corrected chi connectivity index (χ1v) is 2.91. The van der Waals surface area contributed by atoms with Crippen LogP contribution in [-0.4, -0.2) is 16.3 Å². The predicted molar refractivity (Wildman–Crippen MR) is 36.0 cm³/mol. The van der Waals surface area contributed by atoms with Gasteiger partial charge in [-0.1, -0.05) is 0 Å². The van der Waals surface area contributed by atoms with Crippen LogP contribution in [0, 0.1) is 0 Å². The van der Waals surface area contributed by atoms with Crippen LogP contribution >= 0.6 is 0 Å². The number of nitrogens with one attached hydrogen (secondary N) is 1. The first kappa shape index (κ1) is 4.61. The van der Waals surface area contributed by atoms with Gasteiger partial charge in [0.05, 0.1) is 6.20 Å². The summed E-state index contributed by atoms with van der Waals surface area (Å²) in [5.41, 5.74) is 0. The lowest BCUT2D eigenvalue weighted by atomic mass is 10.5.